The molecule has 4 rings (SSSR count). The number of aromatic nitrogens is 3. The van der Waals surface area contributed by atoms with Crippen LogP contribution in [0.1, 0.15) is 89.8 Å². The maximum absolute atomic E-state index is 12.5. The van der Waals surface area contributed by atoms with Gasteiger partial charge in [-0.3, -0.25) is 4.78 Å². The highest BCUT2D eigenvalue weighted by molar-refractivity contribution is 7.93. The molecule has 1 aliphatic heterocycles. The minimum atomic E-state index is -2.79. The smallest absolute Gasteiger partial charge is 0.340 e. The van der Waals surface area contributed by atoms with Crippen LogP contribution >= 0.6 is 0 Å². The summed E-state index contributed by atoms with van der Waals surface area (Å²) in [7, 11) is -2.79. The lowest BCUT2D eigenvalue weighted by atomic mass is 9.79. The fourth-order valence-corrected chi connectivity index (χ4v) is 5.43. The van der Waals surface area contributed by atoms with Gasteiger partial charge in [-0.25, -0.2) is 24.0 Å². The summed E-state index contributed by atoms with van der Waals surface area (Å²) in [6.07, 6.45) is 5.34. The Balaban J connectivity index is 1.73. The molecule has 0 amide bonds. The van der Waals surface area contributed by atoms with Crippen molar-refractivity contribution in [1.82, 2.24) is 15.0 Å². The van der Waals surface area contributed by atoms with Crippen LogP contribution < -0.4 is 15.8 Å². The number of nitrogens with zero attached hydrogens (tertiary/aromatic N) is 3. The van der Waals surface area contributed by atoms with E-state index >= 15 is 0 Å². The number of cyclic esters (lactones) is 1. The van der Waals surface area contributed by atoms with Gasteiger partial charge in [-0.05, 0) is 70.2 Å². The van der Waals surface area contributed by atoms with Crippen LogP contribution in [0.4, 0.5) is 11.6 Å². The second-order valence-corrected chi connectivity index (χ2v) is 15.4. The fourth-order valence-electron chi connectivity index (χ4n) is 4.88. The Morgan fingerprint density at radius 3 is 2.51 bits per heavy atom. The molecule has 0 aromatic carbocycles. The monoisotopic (exact) mass is 582 g/mol. The van der Waals surface area contributed by atoms with E-state index in [0.29, 0.717) is 47.0 Å². The highest BCUT2D eigenvalue weighted by Gasteiger charge is 2.41. The van der Waals surface area contributed by atoms with E-state index in [1.807, 2.05) is 61.5 Å². The summed E-state index contributed by atoms with van der Waals surface area (Å²) in [5.74, 6) is 1.13. The number of anilines is 2. The molecule has 1 aliphatic rings. The number of nitrogens with two attached hydrogens (primary N) is 1. The van der Waals surface area contributed by atoms with Crippen LogP contribution in [0, 0.1) is 4.78 Å². The molecule has 3 aromatic rings. The van der Waals surface area contributed by atoms with Crippen LogP contribution in [0.25, 0.3) is 10.8 Å². The molecule has 0 saturated heterocycles. The van der Waals surface area contributed by atoms with E-state index in [0.717, 1.165) is 10.9 Å². The van der Waals surface area contributed by atoms with E-state index in [-0.39, 0.29) is 18.2 Å². The van der Waals surface area contributed by atoms with Crippen LogP contribution in [-0.4, -0.2) is 48.3 Å². The zero-order chi connectivity index (χ0) is 30.5. The third kappa shape index (κ3) is 5.88. The molecule has 0 fully saturated rings. The van der Waals surface area contributed by atoms with Crippen molar-refractivity contribution >= 4 is 38.1 Å². The van der Waals surface area contributed by atoms with Gasteiger partial charge in [0.05, 0.1) is 27.5 Å². The van der Waals surface area contributed by atoms with Crippen molar-refractivity contribution in [3.05, 3.63) is 47.4 Å². The lowest BCUT2D eigenvalue weighted by Crippen LogP contribution is -2.42. The van der Waals surface area contributed by atoms with Gasteiger partial charge in [0.25, 0.3) is 0 Å². The molecule has 0 bridgehead atoms. The lowest BCUT2D eigenvalue weighted by Gasteiger charge is -2.36. The van der Waals surface area contributed by atoms with Crippen molar-refractivity contribution in [3.63, 3.8) is 0 Å². The summed E-state index contributed by atoms with van der Waals surface area (Å²) in [6, 6.07) is 5.37. The zero-order valence-electron chi connectivity index (χ0n) is 25.4. The highest BCUT2D eigenvalue weighted by Crippen LogP contribution is 2.38. The zero-order valence-corrected chi connectivity index (χ0v) is 26.2. The van der Waals surface area contributed by atoms with E-state index in [1.54, 1.807) is 24.5 Å². The number of hydrogen-bond donors (Lipinski definition) is 3. The van der Waals surface area contributed by atoms with Gasteiger partial charge in [-0.1, -0.05) is 20.8 Å². The second kappa shape index (κ2) is 10.5. The topological polar surface area (TPSA) is 153 Å². The lowest BCUT2D eigenvalue weighted by molar-refractivity contribution is 0.00864. The third-order valence-electron chi connectivity index (χ3n) is 8.51. The molecule has 11 heteroatoms. The standard InChI is InChI=1S/C30H42N6O4S/c1-10-30(8,31)22-16-34-26(39-17(2)14-28(4,5)41(9,32)38)21-15-33-24(13-20(21)22)35-23-12-11-19-25(36-23)29(6,7)18(3)40-27(19)37/h11-13,15-18,32H,10,14,31H2,1-9H3,(H,33,35,36)/t17-,18-,30+,41-/m0/s1. The Morgan fingerprint density at radius 1 is 1.20 bits per heavy atom. The number of carbonyl (C=O) groups excluding carboxylic acids is 1. The van der Waals surface area contributed by atoms with Gasteiger partial charge in [0.15, 0.2) is 0 Å². The van der Waals surface area contributed by atoms with Crippen molar-refractivity contribution in [2.24, 2.45) is 5.73 Å². The Bertz CT molecular complexity index is 1600. The summed E-state index contributed by atoms with van der Waals surface area (Å²) in [5.41, 5.74) is 7.56. The predicted octanol–water partition coefficient (Wildman–Crippen LogP) is 5.80. The first kappa shape index (κ1) is 30.6. The molecule has 222 valence electrons. The molecule has 0 saturated carbocycles. The van der Waals surface area contributed by atoms with Crippen LogP contribution in [0.3, 0.4) is 0 Å². The Kier molecular flexibility index (Phi) is 7.85. The maximum atomic E-state index is 12.5. The van der Waals surface area contributed by atoms with Crippen molar-refractivity contribution in [2.45, 2.75) is 96.1 Å². The first-order valence-electron chi connectivity index (χ1n) is 13.8. The quantitative estimate of drug-likeness (QED) is 0.266. The van der Waals surface area contributed by atoms with E-state index in [1.165, 1.54) is 6.26 Å². The van der Waals surface area contributed by atoms with Crippen LogP contribution in [0.2, 0.25) is 0 Å². The molecule has 4 atom stereocenters. The number of fused-ring (bicyclic) bond motifs is 2. The fraction of sp³-hybridized carbons (Fsp3) is 0.533. The van der Waals surface area contributed by atoms with Gasteiger partial charge in [-0.2, -0.15) is 0 Å². The molecule has 0 unspecified atom stereocenters. The SMILES string of the molecule is CC[C@@](C)(N)c1cnc(O[C@@H](C)CC(C)(C)[S@@](C)(=N)=O)c2cnc(Nc3ccc4c(n3)C(C)(C)[C@H](C)OC4=O)cc12. The first-order chi connectivity index (χ1) is 18.9. The Morgan fingerprint density at radius 2 is 1.88 bits per heavy atom. The summed E-state index contributed by atoms with van der Waals surface area (Å²) in [6.45, 7) is 15.4. The van der Waals surface area contributed by atoms with E-state index in [9.17, 15) is 9.00 Å². The number of esters is 1. The van der Waals surface area contributed by atoms with Crippen molar-refractivity contribution in [1.29, 1.82) is 4.78 Å². The van der Waals surface area contributed by atoms with Gasteiger partial charge in [-0.15, -0.1) is 0 Å². The molecule has 4 heterocycles. The highest BCUT2D eigenvalue weighted by atomic mass is 32.2. The maximum Gasteiger partial charge on any atom is 0.340 e. The van der Waals surface area contributed by atoms with E-state index in [4.69, 9.17) is 25.0 Å². The van der Waals surface area contributed by atoms with Gasteiger partial charge < -0.3 is 20.5 Å². The molecule has 0 spiro atoms. The minimum absolute atomic E-state index is 0.313. The molecule has 0 radical (unpaired) electrons. The van der Waals surface area contributed by atoms with Crippen LogP contribution in [0.5, 0.6) is 5.88 Å². The number of carbonyl (C=O) groups is 1. The van der Waals surface area contributed by atoms with Crippen LogP contribution in [-0.2, 0) is 25.4 Å². The molecule has 0 aliphatic carbocycles. The number of hydrogen-bond acceptors (Lipinski definition) is 10. The number of pyridine rings is 3. The normalized spacial score (nSPS) is 20.3. The first-order valence-corrected chi connectivity index (χ1v) is 15.8. The minimum Gasteiger partial charge on any atom is -0.474 e. The van der Waals surface area contributed by atoms with Crippen molar-refractivity contribution in [3.8, 4) is 5.88 Å². The average Bonchev–Trinajstić information content (AvgIpc) is 2.86. The number of rotatable bonds is 9. The number of nitrogens with one attached hydrogen (secondary N) is 2. The van der Waals surface area contributed by atoms with Gasteiger partial charge in [0, 0.05) is 45.8 Å². The molecule has 41 heavy (non-hydrogen) atoms. The average molecular weight is 583 g/mol. The Labute approximate surface area is 242 Å². The Hall–Kier alpha value is -3.31. The van der Waals surface area contributed by atoms with Crippen molar-refractivity contribution in [2.75, 3.05) is 11.6 Å². The molecule has 10 nitrogen and oxygen atoms in total. The summed E-state index contributed by atoms with van der Waals surface area (Å²) in [4.78, 5) is 26.5. The predicted molar refractivity (Wildman–Crippen MR) is 162 cm³/mol. The van der Waals surface area contributed by atoms with E-state index < -0.39 is 25.4 Å². The second-order valence-electron chi connectivity index (χ2n) is 12.6. The molecular formula is C30H42N6O4S. The third-order valence-corrected chi connectivity index (χ3v) is 10.8. The van der Waals surface area contributed by atoms with Crippen molar-refractivity contribution < 1.29 is 18.5 Å². The molecular weight excluding hydrogens is 540 g/mol. The summed E-state index contributed by atoms with van der Waals surface area (Å²) < 4.78 is 31.5. The molecule has 4 N–H and O–H groups in total. The largest absolute Gasteiger partial charge is 0.474 e. The number of ether oxygens (including phenoxy) is 2. The van der Waals surface area contributed by atoms with E-state index in [2.05, 4.69) is 15.3 Å². The van der Waals surface area contributed by atoms with Gasteiger partial charge in [0.1, 0.15) is 17.7 Å². The summed E-state index contributed by atoms with van der Waals surface area (Å²) in [5, 5.41) is 4.82. The van der Waals surface area contributed by atoms with Gasteiger partial charge in [0.2, 0.25) is 5.88 Å². The molecule has 3 aromatic heterocycles. The van der Waals surface area contributed by atoms with Crippen LogP contribution in [0.15, 0.2) is 30.6 Å². The summed E-state index contributed by atoms with van der Waals surface area (Å²) >= 11 is 0. The van der Waals surface area contributed by atoms with Gasteiger partial charge >= 0.3 is 5.97 Å².